The lowest BCUT2D eigenvalue weighted by atomic mass is 10.3. The third-order valence-electron chi connectivity index (χ3n) is 2.18. The zero-order valence-electron chi connectivity index (χ0n) is 9.25. The molecule has 17 heavy (non-hydrogen) atoms. The van der Waals surface area contributed by atoms with Crippen LogP contribution >= 0.6 is 11.3 Å². The van der Waals surface area contributed by atoms with E-state index in [2.05, 4.69) is 5.10 Å². The highest BCUT2D eigenvalue weighted by Gasteiger charge is 2.06. The molecular weight excluding hydrogens is 264 g/mol. The number of nitrogens with zero attached hydrogens (tertiary/aromatic N) is 2. The fourth-order valence-electron chi connectivity index (χ4n) is 1.39. The average Bonchev–Trinajstić information content (AvgIpc) is 2.54. The number of nitrogens with two attached hydrogens (primary N) is 1. The van der Waals surface area contributed by atoms with E-state index in [-0.39, 0.29) is 11.0 Å². The van der Waals surface area contributed by atoms with Crippen LogP contribution in [0.2, 0.25) is 0 Å². The molecule has 0 aliphatic rings. The molecule has 0 saturated carbocycles. The van der Waals surface area contributed by atoms with E-state index in [9.17, 15) is 13.0 Å². The van der Waals surface area contributed by atoms with E-state index >= 15 is 0 Å². The van der Waals surface area contributed by atoms with Crippen molar-refractivity contribution in [1.29, 1.82) is 0 Å². The van der Waals surface area contributed by atoms with Gasteiger partial charge >= 0.3 is 0 Å². The predicted molar refractivity (Wildman–Crippen MR) is 64.5 cm³/mol. The Bertz CT molecular complexity index is 714. The molecule has 0 spiro atoms. The van der Waals surface area contributed by atoms with Gasteiger partial charge in [-0.15, -0.1) is 0 Å². The van der Waals surface area contributed by atoms with E-state index in [1.54, 1.807) is 17.7 Å². The highest BCUT2D eigenvalue weighted by molar-refractivity contribution is 7.85. The van der Waals surface area contributed by atoms with Crippen LogP contribution in [-0.4, -0.2) is 17.5 Å². The van der Waals surface area contributed by atoms with Gasteiger partial charge in [0.15, 0.2) is 0 Å². The smallest absolute Gasteiger partial charge is 0.208 e. The van der Waals surface area contributed by atoms with Crippen molar-refractivity contribution in [2.24, 2.45) is 18.0 Å². The molecule has 0 bridgehead atoms. The Morgan fingerprint density at radius 2 is 2.12 bits per heavy atom. The topological polar surface area (TPSA) is 137 Å². The largest absolute Gasteiger partial charge is 0.744 e. The minimum Gasteiger partial charge on any atom is -0.744 e. The van der Waals surface area contributed by atoms with Crippen LogP contribution in [0.4, 0.5) is 0 Å². The lowest BCUT2D eigenvalue weighted by Gasteiger charge is -2.06. The van der Waals surface area contributed by atoms with Crippen molar-refractivity contribution in [2.45, 2.75) is 4.90 Å². The van der Waals surface area contributed by atoms with Gasteiger partial charge in [0.25, 0.3) is 0 Å². The van der Waals surface area contributed by atoms with Gasteiger partial charge in [0, 0.05) is 7.05 Å². The summed E-state index contributed by atoms with van der Waals surface area (Å²) in [5.74, 6) is 5.17. The first-order valence-electron chi connectivity index (χ1n) is 4.23. The molecule has 0 radical (unpaired) electrons. The van der Waals surface area contributed by atoms with Crippen LogP contribution in [0, 0.1) is 0 Å². The molecule has 1 heterocycles. The number of hydrogen-bond donors (Lipinski definition) is 2. The fourth-order valence-corrected chi connectivity index (χ4v) is 2.94. The van der Waals surface area contributed by atoms with E-state index in [1.807, 2.05) is 0 Å². The summed E-state index contributed by atoms with van der Waals surface area (Å²) >= 11 is 1.22. The number of fused-ring (bicyclic) bond motifs is 1. The van der Waals surface area contributed by atoms with Gasteiger partial charge in [-0.05, 0) is 18.2 Å². The Morgan fingerprint density at radius 3 is 2.65 bits per heavy atom. The summed E-state index contributed by atoms with van der Waals surface area (Å²) < 4.78 is 34.9. The van der Waals surface area contributed by atoms with Gasteiger partial charge in [0.05, 0.1) is 15.1 Å². The summed E-state index contributed by atoms with van der Waals surface area (Å²) in [6.07, 6.45) is 0. The Kier molecular flexibility index (Phi) is 3.57. The van der Waals surface area contributed by atoms with E-state index in [0.29, 0.717) is 9.50 Å². The molecule has 0 amide bonds. The van der Waals surface area contributed by atoms with Crippen LogP contribution in [0.3, 0.4) is 0 Å². The summed E-state index contributed by atoms with van der Waals surface area (Å²) in [5.41, 5.74) is 0.779. The van der Waals surface area contributed by atoms with E-state index < -0.39 is 10.1 Å². The van der Waals surface area contributed by atoms with Crippen molar-refractivity contribution in [3.8, 4) is 0 Å². The highest BCUT2D eigenvalue weighted by atomic mass is 32.2. The van der Waals surface area contributed by atoms with E-state index in [1.165, 1.54) is 23.5 Å². The third kappa shape index (κ3) is 2.31. The Labute approximate surface area is 102 Å². The van der Waals surface area contributed by atoms with Crippen molar-refractivity contribution in [1.82, 2.24) is 10.7 Å². The first-order valence-corrected chi connectivity index (χ1v) is 6.45. The lowest BCUT2D eigenvalue weighted by Crippen LogP contribution is -2.12. The monoisotopic (exact) mass is 276 g/mol. The Hall–Kier alpha value is -1.42. The molecular formula is C8H12N4O3S2. The molecule has 0 aliphatic carbocycles. The molecule has 9 heteroatoms. The standard InChI is InChI=1S/C8H9N3O3S2.H3N/c1-11-6-3-2-5(16(12,13)14)4-7(6)15-8(11)10-9;/h2-4H,9H2,1H3,(H,12,13,14);1H3/b10-8+;. The normalized spacial score (nSPS) is 12.7. The predicted octanol–water partition coefficient (Wildman–Crippen LogP) is 0.294. The van der Waals surface area contributed by atoms with Crippen molar-refractivity contribution >= 4 is 31.7 Å². The number of aromatic nitrogens is 1. The van der Waals surface area contributed by atoms with Gasteiger partial charge in [-0.2, -0.15) is 5.10 Å². The zero-order valence-corrected chi connectivity index (χ0v) is 10.9. The second kappa shape index (κ2) is 4.45. The quantitative estimate of drug-likeness (QED) is 0.439. The first-order chi connectivity index (χ1) is 7.43. The first kappa shape index (κ1) is 13.6. The minimum absolute atomic E-state index is 0. The molecule has 0 unspecified atom stereocenters. The minimum atomic E-state index is -4.42. The molecule has 7 nitrogen and oxygen atoms in total. The molecule has 0 saturated heterocycles. The SMILES string of the molecule is Cn1/c(=N\N)sc2cc(S(=O)(=O)[O-])ccc21.[NH4+]. The second-order valence-corrected chi connectivity index (χ2v) is 5.55. The van der Waals surface area contributed by atoms with Crippen LogP contribution in [0.5, 0.6) is 0 Å². The van der Waals surface area contributed by atoms with Crippen LogP contribution in [0.15, 0.2) is 28.2 Å². The molecule has 2 aromatic rings. The fraction of sp³-hybridized carbons (Fsp3) is 0.125. The summed E-state index contributed by atoms with van der Waals surface area (Å²) in [6.45, 7) is 0. The Balaban J connectivity index is 0.00000144. The molecule has 6 N–H and O–H groups in total. The van der Waals surface area contributed by atoms with Crippen LogP contribution < -0.4 is 16.8 Å². The maximum Gasteiger partial charge on any atom is 0.208 e. The molecule has 0 aliphatic heterocycles. The summed E-state index contributed by atoms with van der Waals surface area (Å²) in [4.78, 5) is 0.306. The van der Waals surface area contributed by atoms with Gasteiger partial charge < -0.3 is 21.1 Å². The maximum absolute atomic E-state index is 10.8. The zero-order chi connectivity index (χ0) is 11.9. The van der Waals surface area contributed by atoms with E-state index in [0.717, 1.165) is 5.52 Å². The summed E-state index contributed by atoms with van der Waals surface area (Å²) in [7, 11) is -2.66. The number of thiazole rings is 1. The molecule has 2 rings (SSSR count). The van der Waals surface area contributed by atoms with Gasteiger partial charge in [-0.25, -0.2) is 8.42 Å². The van der Waals surface area contributed by atoms with Gasteiger partial charge in [-0.1, -0.05) is 11.3 Å². The second-order valence-electron chi connectivity index (χ2n) is 3.16. The molecule has 0 atom stereocenters. The molecule has 94 valence electrons. The summed E-state index contributed by atoms with van der Waals surface area (Å²) in [6, 6.07) is 4.17. The number of hydrogen-bond acceptors (Lipinski definition) is 6. The van der Waals surface area contributed by atoms with Crippen molar-refractivity contribution in [2.75, 3.05) is 0 Å². The number of rotatable bonds is 1. The number of benzene rings is 1. The van der Waals surface area contributed by atoms with Crippen molar-refractivity contribution in [3.63, 3.8) is 0 Å². The molecule has 1 aromatic heterocycles. The molecule has 0 fully saturated rings. The number of aryl methyl sites for hydroxylation is 1. The average molecular weight is 276 g/mol. The van der Waals surface area contributed by atoms with Crippen LogP contribution in [-0.2, 0) is 17.2 Å². The molecule has 1 aromatic carbocycles. The Morgan fingerprint density at radius 1 is 1.47 bits per heavy atom. The van der Waals surface area contributed by atoms with Gasteiger partial charge in [-0.3, -0.25) is 0 Å². The van der Waals surface area contributed by atoms with Crippen molar-refractivity contribution in [3.05, 3.63) is 23.0 Å². The van der Waals surface area contributed by atoms with Crippen LogP contribution in [0.25, 0.3) is 10.2 Å². The van der Waals surface area contributed by atoms with Gasteiger partial charge in [0.2, 0.25) is 4.80 Å². The lowest BCUT2D eigenvalue weighted by molar-refractivity contribution is 0.463. The van der Waals surface area contributed by atoms with E-state index in [4.69, 9.17) is 5.84 Å². The van der Waals surface area contributed by atoms with Crippen molar-refractivity contribution < 1.29 is 13.0 Å². The number of quaternary nitrogens is 1. The third-order valence-corrected chi connectivity index (χ3v) is 4.12. The maximum atomic E-state index is 10.8. The summed E-state index contributed by atoms with van der Waals surface area (Å²) in [5, 5.41) is 3.55. The van der Waals surface area contributed by atoms with Gasteiger partial charge in [0.1, 0.15) is 10.1 Å². The van der Waals surface area contributed by atoms with Crippen LogP contribution in [0.1, 0.15) is 0 Å². The highest BCUT2D eigenvalue weighted by Crippen LogP contribution is 2.20.